The Morgan fingerprint density at radius 2 is 0.789 bits per heavy atom. The third-order valence-corrected chi connectivity index (χ3v) is 20.4. The molecule has 1 aromatic heterocycles. The van der Waals surface area contributed by atoms with Gasteiger partial charge in [0.05, 0.1) is 16.7 Å². The van der Waals surface area contributed by atoms with E-state index in [0.29, 0.717) is 0 Å². The number of anilines is 3. The van der Waals surface area contributed by atoms with Gasteiger partial charge in [-0.1, -0.05) is 286 Å². The Kier molecular flexibility index (Phi) is 13.0. The van der Waals surface area contributed by atoms with Crippen LogP contribution >= 0.6 is 11.8 Å². The second-order valence-corrected chi connectivity index (χ2v) is 29.1. The molecule has 3 heterocycles. The third kappa shape index (κ3) is 9.16. The summed E-state index contributed by atoms with van der Waals surface area (Å²) in [4.78, 5) is 5.28. The monoisotopic (exact) mass is 1170 g/mol. The van der Waals surface area contributed by atoms with Gasteiger partial charge in [-0.3, -0.25) is 0 Å². The first-order valence-corrected chi connectivity index (χ1v) is 32.7. The highest BCUT2D eigenvalue weighted by atomic mass is 32.2. The van der Waals surface area contributed by atoms with Crippen LogP contribution in [-0.4, -0.2) is 11.3 Å². The number of hydrogen-bond donors (Lipinski definition) is 0. The third-order valence-electron chi connectivity index (χ3n) is 19.3. The largest absolute Gasteiger partial charge is 0.310 e. The molecule has 0 atom stereocenters. The second kappa shape index (κ2) is 21.0. The molecule has 0 amide bonds. The molecule has 0 fully saturated rings. The zero-order valence-corrected chi connectivity index (χ0v) is 53.6. The van der Waals surface area contributed by atoms with Crippen molar-refractivity contribution >= 4 is 95.3 Å². The molecule has 90 heavy (non-hydrogen) atoms. The molecule has 16 rings (SSSR count). The maximum atomic E-state index is 2.68. The van der Waals surface area contributed by atoms with E-state index in [9.17, 15) is 0 Å². The van der Waals surface area contributed by atoms with Gasteiger partial charge < -0.3 is 9.47 Å². The molecule has 2 nitrogen and oxygen atoms in total. The standard InChI is InChI=1S/C86H71BN2S/c1-84(2,3)60-39-45-74-69(49-60)70-50-61(85(4,5)6)40-46-75(70)88(74)63-41-44-73-78(53-63)90-79-52-62(86(7,8)9)51-77-82(79)87(73)72-43-38-59(48-76(72)89(77)83-64(54-25-14-10-15-26-54)35-24-36-65(83)55-27-16-11-17-28-55)58-37-42-68-71(47-58)81(57-31-20-13-21-32-57)67-34-23-22-33-66(67)80(68)56-29-18-12-19-30-56/h10-53H,1-9H3. The molecule has 4 heteroatoms. The highest BCUT2D eigenvalue weighted by Crippen LogP contribution is 2.52. The molecule has 0 saturated carbocycles. The zero-order valence-electron chi connectivity index (χ0n) is 52.8. The van der Waals surface area contributed by atoms with Crippen LogP contribution in [0.25, 0.3) is 105 Å². The van der Waals surface area contributed by atoms with Crippen LogP contribution in [0.3, 0.4) is 0 Å². The molecule has 0 N–H and O–H groups in total. The molecular weight excluding hydrogens is 1100 g/mol. The van der Waals surface area contributed by atoms with Gasteiger partial charge in [-0.15, -0.1) is 0 Å². The fourth-order valence-corrected chi connectivity index (χ4v) is 15.9. The summed E-state index contributed by atoms with van der Waals surface area (Å²) >= 11 is 1.95. The minimum Gasteiger partial charge on any atom is -0.310 e. The molecular formula is C86H71BN2S. The van der Waals surface area contributed by atoms with Gasteiger partial charge >= 0.3 is 0 Å². The Morgan fingerprint density at radius 1 is 0.311 bits per heavy atom. The van der Waals surface area contributed by atoms with Crippen LogP contribution in [0.4, 0.5) is 17.1 Å². The van der Waals surface area contributed by atoms with Crippen molar-refractivity contribution in [2.24, 2.45) is 0 Å². The summed E-state index contributed by atoms with van der Waals surface area (Å²) in [5.74, 6) is 0. The number of para-hydroxylation sites is 1. The lowest BCUT2D eigenvalue weighted by Crippen LogP contribution is -2.60. The number of aromatic nitrogens is 1. The van der Waals surface area contributed by atoms with Crippen molar-refractivity contribution in [2.75, 3.05) is 4.90 Å². The second-order valence-electron chi connectivity index (χ2n) is 28.0. The Balaban J connectivity index is 0.971. The average molecular weight is 1180 g/mol. The maximum absolute atomic E-state index is 2.68. The van der Waals surface area contributed by atoms with Gasteiger partial charge in [-0.05, 0) is 171 Å². The van der Waals surface area contributed by atoms with E-state index in [1.807, 2.05) is 11.8 Å². The van der Waals surface area contributed by atoms with E-state index < -0.39 is 0 Å². The van der Waals surface area contributed by atoms with Crippen molar-refractivity contribution in [1.29, 1.82) is 0 Å². The van der Waals surface area contributed by atoms with Gasteiger partial charge in [-0.25, -0.2) is 0 Å². The van der Waals surface area contributed by atoms with Gasteiger partial charge in [0, 0.05) is 48.8 Å². The molecule has 13 aromatic carbocycles. The molecule has 0 radical (unpaired) electrons. The zero-order chi connectivity index (χ0) is 61.4. The smallest absolute Gasteiger partial charge is 0.249 e. The van der Waals surface area contributed by atoms with Crippen LogP contribution in [-0.2, 0) is 16.2 Å². The molecule has 14 aromatic rings. The van der Waals surface area contributed by atoms with E-state index in [4.69, 9.17) is 0 Å². The summed E-state index contributed by atoms with van der Waals surface area (Å²) in [6.07, 6.45) is 0. The number of benzene rings is 13. The molecule has 0 spiro atoms. The first-order valence-electron chi connectivity index (χ1n) is 31.9. The van der Waals surface area contributed by atoms with Crippen LogP contribution in [0.5, 0.6) is 0 Å². The fourth-order valence-electron chi connectivity index (χ4n) is 14.6. The highest BCUT2D eigenvalue weighted by molar-refractivity contribution is 8.00. The van der Waals surface area contributed by atoms with Crippen LogP contribution in [0.1, 0.15) is 79.0 Å². The van der Waals surface area contributed by atoms with E-state index in [0.717, 1.165) is 0 Å². The van der Waals surface area contributed by atoms with Crippen molar-refractivity contribution in [3.8, 4) is 61.3 Å². The molecule has 0 saturated heterocycles. The van der Waals surface area contributed by atoms with Crippen molar-refractivity contribution < 1.29 is 0 Å². The van der Waals surface area contributed by atoms with E-state index in [-0.39, 0.29) is 23.0 Å². The van der Waals surface area contributed by atoms with Gasteiger partial charge in [0.2, 0.25) is 6.71 Å². The molecule has 2 aliphatic rings. The molecule has 0 bridgehead atoms. The number of rotatable bonds is 7. The number of hydrogen-bond acceptors (Lipinski definition) is 2. The van der Waals surface area contributed by atoms with E-state index in [1.54, 1.807) is 0 Å². The summed E-state index contributed by atoms with van der Waals surface area (Å²) in [6.45, 7) is 21.0. The quantitative estimate of drug-likeness (QED) is 0.116. The highest BCUT2D eigenvalue weighted by Gasteiger charge is 2.43. The lowest BCUT2D eigenvalue weighted by molar-refractivity contribution is 0.589. The summed E-state index contributed by atoms with van der Waals surface area (Å²) < 4.78 is 2.53. The molecule has 2 aliphatic heterocycles. The number of fused-ring (bicyclic) bond motifs is 9. The van der Waals surface area contributed by atoms with E-state index >= 15 is 0 Å². The first kappa shape index (κ1) is 55.7. The summed E-state index contributed by atoms with van der Waals surface area (Å²) in [6, 6.07) is 102. The predicted octanol–water partition coefficient (Wildman–Crippen LogP) is 22.1. The Morgan fingerprint density at radius 3 is 1.33 bits per heavy atom. The summed E-state index contributed by atoms with van der Waals surface area (Å²) in [5.41, 5.74) is 27.0. The van der Waals surface area contributed by atoms with Crippen LogP contribution < -0.4 is 21.3 Å². The predicted molar refractivity (Wildman–Crippen MR) is 389 cm³/mol. The fraction of sp³-hybridized carbons (Fsp3) is 0.140. The van der Waals surface area contributed by atoms with Crippen LogP contribution in [0.15, 0.2) is 277 Å². The van der Waals surface area contributed by atoms with Crippen molar-refractivity contribution in [1.82, 2.24) is 4.57 Å². The summed E-state index contributed by atoms with van der Waals surface area (Å²) in [7, 11) is 0. The van der Waals surface area contributed by atoms with Crippen LogP contribution in [0.2, 0.25) is 0 Å². The van der Waals surface area contributed by atoms with Gasteiger partial charge in [0.15, 0.2) is 0 Å². The normalized spacial score (nSPS) is 13.1. The topological polar surface area (TPSA) is 8.17 Å². The Labute approximate surface area is 534 Å². The minimum atomic E-state index is -0.163. The van der Waals surface area contributed by atoms with E-state index in [1.165, 1.54) is 165 Å². The van der Waals surface area contributed by atoms with Gasteiger partial charge in [0.1, 0.15) is 0 Å². The molecule has 434 valence electrons. The average Bonchev–Trinajstić information content (AvgIpc) is 0.771. The minimum absolute atomic E-state index is 0.00748. The lowest BCUT2D eigenvalue weighted by atomic mass is 9.34. The molecule has 0 aliphatic carbocycles. The Hall–Kier alpha value is -9.61. The SMILES string of the molecule is CC(C)(C)c1cc2c3c(c1)N(c1c(-c4ccccc4)cccc1-c1ccccc1)c1cc(-c4ccc5c(-c6ccccc6)c6ccccc6c(-c6ccccc6)c5c4)ccc1B3c1ccc(-n3c4ccc(C(C)(C)C)cc4c4cc(C(C)(C)C)ccc43)cc1S2. The van der Waals surface area contributed by atoms with Crippen LogP contribution in [0, 0.1) is 0 Å². The Bertz CT molecular complexity index is 5070. The van der Waals surface area contributed by atoms with Crippen molar-refractivity contribution in [3.05, 3.63) is 284 Å². The van der Waals surface area contributed by atoms with E-state index in [2.05, 4.69) is 339 Å². The van der Waals surface area contributed by atoms with Gasteiger partial charge in [0.25, 0.3) is 0 Å². The van der Waals surface area contributed by atoms with Crippen molar-refractivity contribution in [3.63, 3.8) is 0 Å². The van der Waals surface area contributed by atoms with Gasteiger partial charge in [-0.2, -0.15) is 0 Å². The first-order chi connectivity index (χ1) is 43.5. The van der Waals surface area contributed by atoms with Crippen molar-refractivity contribution in [2.45, 2.75) is 88.3 Å². The summed E-state index contributed by atoms with van der Waals surface area (Å²) in [5, 5.41) is 7.57. The number of nitrogens with zero attached hydrogens (tertiary/aromatic N) is 2. The maximum Gasteiger partial charge on any atom is 0.249 e. The molecule has 0 unspecified atom stereocenters. The lowest BCUT2D eigenvalue weighted by Gasteiger charge is -2.42.